The first-order chi connectivity index (χ1) is 18.7. The van der Waals surface area contributed by atoms with Gasteiger partial charge in [0, 0.05) is 29.6 Å². The van der Waals surface area contributed by atoms with Gasteiger partial charge in [-0.1, -0.05) is 50.2 Å². The summed E-state index contributed by atoms with van der Waals surface area (Å²) in [5.74, 6) is -0.0398. The Morgan fingerprint density at radius 3 is 2.67 bits per heavy atom. The van der Waals surface area contributed by atoms with Crippen molar-refractivity contribution in [2.45, 2.75) is 37.9 Å². The molecular formula is C25H25N6O5S3-. The summed E-state index contributed by atoms with van der Waals surface area (Å²) in [5.41, 5.74) is 3.13. The second kappa shape index (κ2) is 11.4. The lowest BCUT2D eigenvalue weighted by Crippen LogP contribution is -2.17. The molecule has 0 bridgehead atoms. The van der Waals surface area contributed by atoms with Crippen molar-refractivity contribution < 1.29 is 21.6 Å². The van der Waals surface area contributed by atoms with Gasteiger partial charge in [0.25, 0.3) is 0 Å². The van der Waals surface area contributed by atoms with Crippen LogP contribution in [0.3, 0.4) is 0 Å². The van der Waals surface area contributed by atoms with E-state index in [2.05, 4.69) is 38.8 Å². The van der Waals surface area contributed by atoms with Gasteiger partial charge in [0.1, 0.15) is 5.01 Å². The van der Waals surface area contributed by atoms with Gasteiger partial charge >= 0.3 is 0 Å². The summed E-state index contributed by atoms with van der Waals surface area (Å²) in [4.78, 5) is 4.64. The second-order valence-electron chi connectivity index (χ2n) is 9.34. The van der Waals surface area contributed by atoms with Gasteiger partial charge in [-0.15, -0.1) is 21.5 Å². The number of hydrogen-bond acceptors (Lipinski definition) is 10. The number of fused-ring (bicyclic) bond motifs is 1. The van der Waals surface area contributed by atoms with E-state index in [0.717, 1.165) is 22.4 Å². The van der Waals surface area contributed by atoms with E-state index in [4.69, 9.17) is 4.42 Å². The predicted molar refractivity (Wildman–Crippen MR) is 147 cm³/mol. The molecule has 5 aromatic rings. The summed E-state index contributed by atoms with van der Waals surface area (Å²) in [6.07, 6.45) is 3.79. The topological polar surface area (TPSA) is 156 Å². The van der Waals surface area contributed by atoms with Crippen LogP contribution >= 0.6 is 11.3 Å². The molecule has 3 aromatic heterocycles. The molecule has 3 heterocycles. The highest BCUT2D eigenvalue weighted by molar-refractivity contribution is 7.91. The molecule has 39 heavy (non-hydrogen) atoms. The van der Waals surface area contributed by atoms with E-state index in [9.17, 15) is 17.2 Å². The first kappa shape index (κ1) is 27.3. The number of rotatable bonds is 11. The lowest BCUT2D eigenvalue weighted by Gasteiger charge is -2.12. The molecule has 0 saturated carbocycles. The summed E-state index contributed by atoms with van der Waals surface area (Å²) >= 11 is -1.31. The quantitative estimate of drug-likeness (QED) is 0.228. The Morgan fingerprint density at radius 1 is 1.13 bits per heavy atom. The first-order valence-electron chi connectivity index (χ1n) is 12.0. The lowest BCUT2D eigenvalue weighted by molar-refractivity contribution is 0.440. The predicted octanol–water partition coefficient (Wildman–Crippen LogP) is 3.79. The van der Waals surface area contributed by atoms with Crippen LogP contribution in [0.2, 0.25) is 0 Å². The van der Waals surface area contributed by atoms with Crippen LogP contribution in [-0.2, 0) is 39.9 Å². The fourth-order valence-electron chi connectivity index (χ4n) is 4.09. The van der Waals surface area contributed by atoms with Gasteiger partial charge < -0.3 is 8.97 Å². The molecule has 2 unspecified atom stereocenters. The molecular weight excluding hydrogens is 561 g/mol. The fraction of sp³-hybridized carbons (Fsp3) is 0.280. The highest BCUT2D eigenvalue weighted by Gasteiger charge is 2.37. The number of benzene rings is 2. The molecule has 2 aromatic carbocycles. The van der Waals surface area contributed by atoms with Gasteiger partial charge in [-0.3, -0.25) is 8.89 Å². The number of nitrogens with one attached hydrogen (secondary N) is 1. The van der Waals surface area contributed by atoms with Crippen LogP contribution in [0.25, 0.3) is 21.3 Å². The minimum Gasteiger partial charge on any atom is -0.760 e. The molecule has 0 saturated heterocycles. The summed E-state index contributed by atoms with van der Waals surface area (Å²) in [6, 6.07) is 14.5. The van der Waals surface area contributed by atoms with Crippen molar-refractivity contribution in [1.82, 2.24) is 29.7 Å². The molecule has 0 fully saturated rings. The van der Waals surface area contributed by atoms with Crippen molar-refractivity contribution >= 4 is 42.7 Å². The number of sulfone groups is 1. The maximum absolute atomic E-state index is 13.7. The van der Waals surface area contributed by atoms with E-state index < -0.39 is 26.4 Å². The van der Waals surface area contributed by atoms with E-state index in [1.807, 2.05) is 41.3 Å². The molecule has 204 valence electrons. The van der Waals surface area contributed by atoms with Gasteiger partial charge in [0.15, 0.2) is 15.1 Å². The van der Waals surface area contributed by atoms with E-state index in [1.165, 1.54) is 11.3 Å². The molecule has 11 nitrogen and oxygen atoms in total. The summed E-state index contributed by atoms with van der Waals surface area (Å²) < 4.78 is 59.7. The zero-order chi connectivity index (χ0) is 27.6. The number of aromatic nitrogens is 5. The monoisotopic (exact) mass is 585 g/mol. The van der Waals surface area contributed by atoms with Gasteiger partial charge in [0.2, 0.25) is 11.8 Å². The highest BCUT2D eigenvalue weighted by Crippen LogP contribution is 2.38. The van der Waals surface area contributed by atoms with Gasteiger partial charge in [-0.25, -0.2) is 18.1 Å². The third-order valence-electron chi connectivity index (χ3n) is 5.77. The molecule has 0 aliphatic rings. The minimum atomic E-state index is -3.92. The van der Waals surface area contributed by atoms with E-state index in [0.29, 0.717) is 17.0 Å². The smallest absolute Gasteiger partial charge is 0.241 e. The third-order valence-corrected chi connectivity index (χ3v) is 9.26. The highest BCUT2D eigenvalue weighted by atomic mass is 32.2. The number of hydrogen-bond donors (Lipinski definition) is 1. The normalized spacial score (nSPS) is 13.7. The van der Waals surface area contributed by atoms with Crippen molar-refractivity contribution in [1.29, 1.82) is 0 Å². The number of nitrogens with zero attached hydrogens (tertiary/aromatic N) is 5. The lowest BCUT2D eigenvalue weighted by atomic mass is 10.1. The van der Waals surface area contributed by atoms with Crippen LogP contribution in [0, 0.1) is 5.92 Å². The van der Waals surface area contributed by atoms with Crippen LogP contribution in [0.1, 0.15) is 41.4 Å². The molecule has 0 spiro atoms. The van der Waals surface area contributed by atoms with Crippen molar-refractivity contribution in [3.8, 4) is 11.1 Å². The summed E-state index contributed by atoms with van der Waals surface area (Å²) in [6.45, 7) is 4.80. The van der Waals surface area contributed by atoms with Crippen molar-refractivity contribution in [3.63, 3.8) is 0 Å². The van der Waals surface area contributed by atoms with E-state index in [1.54, 1.807) is 24.3 Å². The Kier molecular flexibility index (Phi) is 8.00. The van der Waals surface area contributed by atoms with Gasteiger partial charge in [0.05, 0.1) is 28.7 Å². The maximum atomic E-state index is 13.7. The molecule has 5 rings (SSSR count). The Morgan fingerprint density at radius 2 is 1.92 bits per heavy atom. The van der Waals surface area contributed by atoms with Crippen LogP contribution < -0.4 is 4.72 Å². The Hall–Kier alpha value is -3.30. The standard InChI is InChI=1S/C25H26N6O5S3/c1-16(2)13-31-14-19(11-26-31)18-8-9-20-21(10-18)37-25(28-20)23(24-30-29-22(36-24)12-27-38(32)33)39(34,35)15-17-6-4-3-5-7-17/h3-11,14,16,23,27H,12-13,15H2,1-2H3,(H,32,33)/p-1. The van der Waals surface area contributed by atoms with Crippen molar-refractivity contribution in [2.75, 3.05) is 0 Å². The van der Waals surface area contributed by atoms with Crippen molar-refractivity contribution in [3.05, 3.63) is 83.3 Å². The van der Waals surface area contributed by atoms with E-state index >= 15 is 0 Å². The molecule has 0 radical (unpaired) electrons. The fourth-order valence-corrected chi connectivity index (χ4v) is 7.48. The van der Waals surface area contributed by atoms with Gasteiger partial charge in [-0.05, 0) is 29.2 Å². The zero-order valence-electron chi connectivity index (χ0n) is 21.1. The first-order valence-corrected chi connectivity index (χ1v) is 15.6. The Labute approximate surface area is 231 Å². The molecule has 0 aliphatic heterocycles. The summed E-state index contributed by atoms with van der Waals surface area (Å²) in [7, 11) is -3.92. The zero-order valence-corrected chi connectivity index (χ0v) is 23.5. The van der Waals surface area contributed by atoms with Gasteiger partial charge in [-0.2, -0.15) is 5.10 Å². The average Bonchev–Trinajstić information content (AvgIpc) is 3.62. The Bertz CT molecular complexity index is 1710. The van der Waals surface area contributed by atoms with E-state index in [-0.39, 0.29) is 29.1 Å². The third kappa shape index (κ3) is 6.47. The molecule has 0 aliphatic carbocycles. The Balaban J connectivity index is 1.52. The molecule has 2 atom stereocenters. The molecule has 1 N–H and O–H groups in total. The van der Waals surface area contributed by atoms with Crippen LogP contribution in [0.15, 0.2) is 65.3 Å². The minimum absolute atomic E-state index is 0.0593. The summed E-state index contributed by atoms with van der Waals surface area (Å²) in [5, 5.41) is 11.2. The molecule has 14 heteroatoms. The molecule has 0 amide bonds. The SMILES string of the molecule is CC(C)Cn1cc(-c2ccc3nc(C(c4nnc(CNS(=O)[O-])o4)S(=O)(=O)Cc4ccccc4)sc3c2)cn1. The maximum Gasteiger partial charge on any atom is 0.241 e. The van der Waals surface area contributed by atoms with Crippen LogP contribution in [-0.4, -0.2) is 42.1 Å². The number of thiazole rings is 1. The second-order valence-corrected chi connectivity index (χ2v) is 13.2. The van der Waals surface area contributed by atoms with Crippen LogP contribution in [0.4, 0.5) is 0 Å². The average molecular weight is 586 g/mol. The van der Waals surface area contributed by atoms with Crippen LogP contribution in [0.5, 0.6) is 0 Å². The van der Waals surface area contributed by atoms with Crippen molar-refractivity contribution in [2.24, 2.45) is 5.92 Å². The largest absolute Gasteiger partial charge is 0.760 e.